The number of anilines is 1. The molecule has 0 radical (unpaired) electrons. The molecule has 1 heterocycles. The summed E-state index contributed by atoms with van der Waals surface area (Å²) in [6.07, 6.45) is 1.43. The topological polar surface area (TPSA) is 66.5 Å². The Morgan fingerprint density at radius 3 is 2.70 bits per heavy atom. The first-order valence-electron chi connectivity index (χ1n) is 5.68. The molecule has 0 unspecified atom stereocenters. The molecule has 0 fully saturated rings. The molecule has 1 aromatic rings. The van der Waals surface area contributed by atoms with Crippen molar-refractivity contribution in [2.75, 3.05) is 18.0 Å². The van der Waals surface area contributed by atoms with Crippen LogP contribution in [0.3, 0.4) is 0 Å². The monoisotopic (exact) mass is 280 g/mol. The van der Waals surface area contributed by atoms with Crippen molar-refractivity contribution in [3.63, 3.8) is 0 Å². The summed E-state index contributed by atoms with van der Waals surface area (Å²) in [5.41, 5.74) is -0.737. The van der Waals surface area contributed by atoms with Gasteiger partial charge in [0.05, 0.1) is 11.3 Å². The number of nitrogens with one attached hydrogen (secondary N) is 1. The van der Waals surface area contributed by atoms with Gasteiger partial charge in [0.15, 0.2) is 0 Å². The quantitative estimate of drug-likeness (QED) is 0.655. The minimum atomic E-state index is -1.12. The fourth-order valence-electron chi connectivity index (χ4n) is 1.88. The fourth-order valence-corrected chi connectivity index (χ4v) is 1.88. The van der Waals surface area contributed by atoms with Crippen molar-refractivity contribution in [1.29, 1.82) is 0 Å². The van der Waals surface area contributed by atoms with Crippen molar-refractivity contribution >= 4 is 23.3 Å². The first kappa shape index (κ1) is 13.9. The predicted octanol–water partition coefficient (Wildman–Crippen LogP) is 0.796. The number of ketones is 1. The molecule has 1 aliphatic rings. The molecule has 7 heteroatoms. The van der Waals surface area contributed by atoms with E-state index >= 15 is 0 Å². The number of amides is 2. The van der Waals surface area contributed by atoms with E-state index in [0.717, 1.165) is 11.0 Å². The SMILES string of the molecule is C=CCNC(=O)CN1C(=O)C(=O)c2c(F)cc(F)cc21. The highest BCUT2D eigenvalue weighted by atomic mass is 19.1. The molecule has 0 saturated heterocycles. The molecule has 2 amide bonds. The Labute approximate surface area is 112 Å². The van der Waals surface area contributed by atoms with Crippen LogP contribution in [0.1, 0.15) is 10.4 Å². The summed E-state index contributed by atoms with van der Waals surface area (Å²) in [6.45, 7) is 3.09. The van der Waals surface area contributed by atoms with Crippen LogP contribution >= 0.6 is 0 Å². The maximum atomic E-state index is 13.5. The molecule has 1 aromatic carbocycles. The molecular formula is C13H10F2N2O3. The zero-order valence-electron chi connectivity index (χ0n) is 10.3. The van der Waals surface area contributed by atoms with E-state index < -0.39 is 41.3 Å². The minimum absolute atomic E-state index is 0.180. The number of halogens is 2. The van der Waals surface area contributed by atoms with Crippen molar-refractivity contribution in [2.24, 2.45) is 0 Å². The first-order chi connectivity index (χ1) is 9.45. The summed E-state index contributed by atoms with van der Waals surface area (Å²) in [7, 11) is 0. The summed E-state index contributed by atoms with van der Waals surface area (Å²) >= 11 is 0. The molecular weight excluding hydrogens is 270 g/mol. The smallest absolute Gasteiger partial charge is 0.300 e. The summed E-state index contributed by atoms with van der Waals surface area (Å²) in [6, 6.07) is 1.37. The molecule has 0 saturated carbocycles. The van der Waals surface area contributed by atoms with Crippen LogP contribution in [-0.2, 0) is 9.59 Å². The maximum Gasteiger partial charge on any atom is 0.300 e. The van der Waals surface area contributed by atoms with E-state index in [1.807, 2.05) is 0 Å². The summed E-state index contributed by atoms with van der Waals surface area (Å²) in [4.78, 5) is 35.6. The first-order valence-corrected chi connectivity index (χ1v) is 5.68. The number of benzene rings is 1. The molecule has 0 aromatic heterocycles. The lowest BCUT2D eigenvalue weighted by Gasteiger charge is -2.15. The third-order valence-electron chi connectivity index (χ3n) is 2.74. The average molecular weight is 280 g/mol. The Kier molecular flexibility index (Phi) is 3.60. The number of carbonyl (C=O) groups excluding carboxylic acids is 3. The third-order valence-corrected chi connectivity index (χ3v) is 2.74. The van der Waals surface area contributed by atoms with Gasteiger partial charge in [0.2, 0.25) is 5.91 Å². The van der Waals surface area contributed by atoms with Crippen LogP contribution in [0.5, 0.6) is 0 Å². The van der Waals surface area contributed by atoms with E-state index in [4.69, 9.17) is 0 Å². The van der Waals surface area contributed by atoms with Crippen molar-refractivity contribution in [1.82, 2.24) is 5.32 Å². The lowest BCUT2D eigenvalue weighted by atomic mass is 10.1. The van der Waals surface area contributed by atoms with E-state index in [1.165, 1.54) is 6.08 Å². The predicted molar refractivity (Wildman–Crippen MR) is 66.2 cm³/mol. The molecule has 20 heavy (non-hydrogen) atoms. The second-order valence-corrected chi connectivity index (χ2v) is 4.09. The Balaban J connectivity index is 2.33. The van der Waals surface area contributed by atoms with E-state index in [9.17, 15) is 23.2 Å². The van der Waals surface area contributed by atoms with Crippen molar-refractivity contribution in [2.45, 2.75) is 0 Å². The van der Waals surface area contributed by atoms with Crippen LogP contribution in [0.4, 0.5) is 14.5 Å². The van der Waals surface area contributed by atoms with Gasteiger partial charge in [-0.15, -0.1) is 6.58 Å². The molecule has 5 nitrogen and oxygen atoms in total. The normalized spacial score (nSPS) is 13.4. The molecule has 104 valence electrons. The molecule has 0 atom stereocenters. The lowest BCUT2D eigenvalue weighted by molar-refractivity contribution is -0.122. The number of hydrogen-bond acceptors (Lipinski definition) is 3. The van der Waals surface area contributed by atoms with Crippen LogP contribution in [0.2, 0.25) is 0 Å². The standard InChI is InChI=1S/C13H10F2N2O3/c1-2-3-16-10(18)6-17-9-5-7(14)4-8(15)11(9)12(19)13(17)20/h2,4-5H,1,3,6H2,(H,16,18). The number of nitrogens with zero attached hydrogens (tertiary/aromatic N) is 1. The van der Waals surface area contributed by atoms with Gasteiger partial charge in [-0.3, -0.25) is 19.3 Å². The highest BCUT2D eigenvalue weighted by molar-refractivity contribution is 6.52. The van der Waals surface area contributed by atoms with Gasteiger partial charge in [-0.05, 0) is 6.07 Å². The molecule has 0 bridgehead atoms. The van der Waals surface area contributed by atoms with Crippen LogP contribution in [0.25, 0.3) is 0 Å². The van der Waals surface area contributed by atoms with Crippen molar-refractivity contribution in [3.8, 4) is 0 Å². The molecule has 0 aliphatic carbocycles. The van der Waals surface area contributed by atoms with E-state index in [1.54, 1.807) is 0 Å². The van der Waals surface area contributed by atoms with Gasteiger partial charge in [-0.25, -0.2) is 8.78 Å². The van der Waals surface area contributed by atoms with Gasteiger partial charge in [-0.2, -0.15) is 0 Å². The molecule has 1 aliphatic heterocycles. The number of fused-ring (bicyclic) bond motifs is 1. The Morgan fingerprint density at radius 1 is 1.35 bits per heavy atom. The highest BCUT2D eigenvalue weighted by Gasteiger charge is 2.39. The summed E-state index contributed by atoms with van der Waals surface area (Å²) < 4.78 is 26.7. The van der Waals surface area contributed by atoms with Gasteiger partial charge in [0.25, 0.3) is 11.7 Å². The van der Waals surface area contributed by atoms with Crippen LogP contribution in [-0.4, -0.2) is 30.7 Å². The van der Waals surface area contributed by atoms with Crippen molar-refractivity contribution in [3.05, 3.63) is 42.0 Å². The maximum absolute atomic E-state index is 13.5. The Hall–Kier alpha value is -2.57. The second kappa shape index (κ2) is 5.20. The summed E-state index contributed by atoms with van der Waals surface area (Å²) in [5.74, 6) is -4.76. The highest BCUT2D eigenvalue weighted by Crippen LogP contribution is 2.31. The molecule has 0 spiro atoms. The van der Waals surface area contributed by atoms with Crippen LogP contribution in [0, 0.1) is 11.6 Å². The number of hydrogen-bond donors (Lipinski definition) is 1. The Bertz CT molecular complexity index is 628. The van der Waals surface area contributed by atoms with Crippen LogP contribution in [0.15, 0.2) is 24.8 Å². The van der Waals surface area contributed by atoms with Gasteiger partial charge < -0.3 is 5.32 Å². The average Bonchev–Trinajstić information content (AvgIpc) is 2.61. The third kappa shape index (κ3) is 2.29. The van der Waals surface area contributed by atoms with E-state index in [-0.39, 0.29) is 12.2 Å². The lowest BCUT2D eigenvalue weighted by Crippen LogP contribution is -2.40. The number of rotatable bonds is 4. The van der Waals surface area contributed by atoms with Gasteiger partial charge in [0, 0.05) is 12.6 Å². The van der Waals surface area contributed by atoms with Gasteiger partial charge in [0.1, 0.15) is 18.2 Å². The van der Waals surface area contributed by atoms with E-state index in [0.29, 0.717) is 6.07 Å². The number of Topliss-reactive ketones (excluding diaryl/α,β-unsaturated/α-hetero) is 1. The minimum Gasteiger partial charge on any atom is -0.351 e. The molecule has 2 rings (SSSR count). The zero-order chi connectivity index (χ0) is 14.9. The molecule has 1 N–H and O–H groups in total. The van der Waals surface area contributed by atoms with E-state index in [2.05, 4.69) is 11.9 Å². The van der Waals surface area contributed by atoms with Gasteiger partial charge >= 0.3 is 0 Å². The largest absolute Gasteiger partial charge is 0.351 e. The van der Waals surface area contributed by atoms with Crippen LogP contribution < -0.4 is 10.2 Å². The second-order valence-electron chi connectivity index (χ2n) is 4.09. The zero-order valence-corrected chi connectivity index (χ0v) is 10.3. The number of carbonyl (C=O) groups is 3. The summed E-state index contributed by atoms with van der Waals surface area (Å²) in [5, 5.41) is 2.40. The Morgan fingerprint density at radius 2 is 2.05 bits per heavy atom. The fraction of sp³-hybridized carbons (Fsp3) is 0.154. The van der Waals surface area contributed by atoms with Gasteiger partial charge in [-0.1, -0.05) is 6.08 Å². The van der Waals surface area contributed by atoms with Crippen molar-refractivity contribution < 1.29 is 23.2 Å².